The van der Waals surface area contributed by atoms with Gasteiger partial charge in [-0.05, 0) is 43.9 Å². The Balaban J connectivity index is 1.67. The van der Waals surface area contributed by atoms with Crippen LogP contribution in [0, 0.1) is 23.2 Å². The van der Waals surface area contributed by atoms with E-state index in [0.717, 1.165) is 24.9 Å². The summed E-state index contributed by atoms with van der Waals surface area (Å²) in [5.74, 6) is 1.74. The molecule has 2 heteroatoms. The summed E-state index contributed by atoms with van der Waals surface area (Å²) in [7, 11) is 0. The van der Waals surface area contributed by atoms with Crippen molar-refractivity contribution in [3.63, 3.8) is 0 Å². The van der Waals surface area contributed by atoms with Crippen LogP contribution in [0.25, 0.3) is 0 Å². The Labute approximate surface area is 91.9 Å². The Bertz CT molecular complexity index is 250. The maximum absolute atomic E-state index is 8.41. The van der Waals surface area contributed by atoms with E-state index in [1.807, 2.05) is 0 Å². The van der Waals surface area contributed by atoms with Crippen molar-refractivity contribution in [3.05, 3.63) is 12.2 Å². The molecular weight excluding hydrogens is 186 g/mol. The third kappa shape index (κ3) is 2.82. The second kappa shape index (κ2) is 5.32. The molecule has 82 valence electrons. The highest BCUT2D eigenvalue weighted by atomic mass is 16.5. The zero-order valence-electron chi connectivity index (χ0n) is 9.19. The lowest BCUT2D eigenvalue weighted by Gasteiger charge is -2.19. The first-order valence-corrected chi connectivity index (χ1v) is 6.03. The van der Waals surface area contributed by atoms with Gasteiger partial charge in [0.05, 0.1) is 12.2 Å². The molecule has 2 rings (SSSR count). The normalized spacial score (nSPS) is 33.7. The third-order valence-electron chi connectivity index (χ3n) is 3.63. The average Bonchev–Trinajstić information content (AvgIpc) is 2.67. The molecule has 3 atom stereocenters. The van der Waals surface area contributed by atoms with Gasteiger partial charge in [-0.1, -0.05) is 12.2 Å². The molecule has 0 bridgehead atoms. The van der Waals surface area contributed by atoms with Crippen LogP contribution in [0.1, 0.15) is 38.5 Å². The predicted octanol–water partition coefficient (Wildman–Crippen LogP) is 3.05. The molecule has 2 aliphatic carbocycles. The molecule has 15 heavy (non-hydrogen) atoms. The second-order valence-electron chi connectivity index (χ2n) is 4.69. The van der Waals surface area contributed by atoms with E-state index < -0.39 is 0 Å². The molecule has 0 aromatic carbocycles. The summed E-state index contributed by atoms with van der Waals surface area (Å²) in [4.78, 5) is 0. The Morgan fingerprint density at radius 3 is 2.47 bits per heavy atom. The smallest absolute Gasteiger partial charge is 0.0622 e. The molecule has 0 saturated heterocycles. The molecule has 1 saturated carbocycles. The minimum Gasteiger partial charge on any atom is -0.378 e. The van der Waals surface area contributed by atoms with Crippen LogP contribution in [0.2, 0.25) is 0 Å². The molecule has 0 amide bonds. The number of hydrogen-bond acceptors (Lipinski definition) is 2. The Morgan fingerprint density at radius 1 is 1.20 bits per heavy atom. The van der Waals surface area contributed by atoms with E-state index in [0.29, 0.717) is 12.5 Å². The summed E-state index contributed by atoms with van der Waals surface area (Å²) in [6.07, 6.45) is 11.6. The fourth-order valence-corrected chi connectivity index (χ4v) is 2.81. The van der Waals surface area contributed by atoms with Crippen molar-refractivity contribution in [3.8, 4) is 6.07 Å². The van der Waals surface area contributed by atoms with Crippen LogP contribution in [0.3, 0.4) is 0 Å². The van der Waals surface area contributed by atoms with Crippen molar-refractivity contribution in [2.75, 3.05) is 6.61 Å². The number of unbranched alkanes of at least 4 members (excludes halogenated alkanes) is 1. The molecule has 0 N–H and O–H groups in total. The molecule has 2 aliphatic rings. The zero-order valence-corrected chi connectivity index (χ0v) is 9.19. The number of nitrogens with zero attached hydrogens (tertiary/aromatic N) is 1. The number of hydrogen-bond donors (Lipinski definition) is 0. The lowest BCUT2D eigenvalue weighted by Crippen LogP contribution is -2.09. The largest absolute Gasteiger partial charge is 0.378 e. The van der Waals surface area contributed by atoms with Gasteiger partial charge in [0.1, 0.15) is 0 Å². The van der Waals surface area contributed by atoms with Crippen LogP contribution < -0.4 is 0 Å². The molecule has 0 radical (unpaired) electrons. The van der Waals surface area contributed by atoms with E-state index in [1.165, 1.54) is 25.7 Å². The summed E-state index contributed by atoms with van der Waals surface area (Å²) in [5.41, 5.74) is 0. The van der Waals surface area contributed by atoms with E-state index in [4.69, 9.17) is 10.00 Å². The van der Waals surface area contributed by atoms with Gasteiger partial charge in [0.15, 0.2) is 0 Å². The van der Waals surface area contributed by atoms with Crippen LogP contribution in [0.4, 0.5) is 0 Å². The summed E-state index contributed by atoms with van der Waals surface area (Å²) in [5, 5.41) is 8.41. The summed E-state index contributed by atoms with van der Waals surface area (Å²) in [6, 6.07) is 2.15. The second-order valence-corrected chi connectivity index (χ2v) is 4.69. The summed E-state index contributed by atoms with van der Waals surface area (Å²) in [6.45, 7) is 0.769. The monoisotopic (exact) mass is 205 g/mol. The SMILES string of the molecule is N#CCCCO[C@@H]1C[C@H]2CC=CC[C@H]2C1. The summed E-state index contributed by atoms with van der Waals surface area (Å²) >= 11 is 0. The first-order valence-electron chi connectivity index (χ1n) is 6.03. The average molecular weight is 205 g/mol. The molecular formula is C13H19NO. The van der Waals surface area contributed by atoms with E-state index in [1.54, 1.807) is 0 Å². The molecule has 0 heterocycles. The molecule has 0 aromatic heterocycles. The standard InChI is InChI=1S/C13H19NO/c14-7-3-4-8-15-13-9-11-5-1-2-6-12(11)10-13/h1-2,11-13H,3-6,8-10H2/t11-,12+,13-. The van der Waals surface area contributed by atoms with Crippen molar-refractivity contribution >= 4 is 0 Å². The highest BCUT2D eigenvalue weighted by Gasteiger charge is 2.34. The maximum atomic E-state index is 8.41. The molecule has 0 aromatic rings. The highest BCUT2D eigenvalue weighted by Crippen LogP contribution is 2.40. The van der Waals surface area contributed by atoms with Gasteiger partial charge in [-0.15, -0.1) is 0 Å². The third-order valence-corrected chi connectivity index (χ3v) is 3.63. The van der Waals surface area contributed by atoms with Crippen LogP contribution in [0.5, 0.6) is 0 Å². The van der Waals surface area contributed by atoms with Gasteiger partial charge in [0, 0.05) is 13.0 Å². The van der Waals surface area contributed by atoms with Gasteiger partial charge < -0.3 is 4.74 Å². The van der Waals surface area contributed by atoms with Crippen molar-refractivity contribution in [1.82, 2.24) is 0 Å². The van der Waals surface area contributed by atoms with Crippen LogP contribution in [-0.2, 0) is 4.74 Å². The van der Waals surface area contributed by atoms with Gasteiger partial charge in [-0.3, -0.25) is 0 Å². The molecule has 1 fully saturated rings. The molecule has 0 aliphatic heterocycles. The fourth-order valence-electron chi connectivity index (χ4n) is 2.81. The van der Waals surface area contributed by atoms with Gasteiger partial charge in [0.25, 0.3) is 0 Å². The highest BCUT2D eigenvalue weighted by molar-refractivity contribution is 4.99. The van der Waals surface area contributed by atoms with Gasteiger partial charge in [0.2, 0.25) is 0 Å². The summed E-state index contributed by atoms with van der Waals surface area (Å²) < 4.78 is 5.82. The van der Waals surface area contributed by atoms with Crippen molar-refractivity contribution in [1.29, 1.82) is 5.26 Å². The zero-order chi connectivity index (χ0) is 10.5. The minimum absolute atomic E-state index is 0.471. The van der Waals surface area contributed by atoms with E-state index >= 15 is 0 Å². The van der Waals surface area contributed by atoms with E-state index in [-0.39, 0.29) is 0 Å². The van der Waals surface area contributed by atoms with Gasteiger partial charge in [-0.25, -0.2) is 0 Å². The fraction of sp³-hybridized carbons (Fsp3) is 0.769. The predicted molar refractivity (Wildman–Crippen MR) is 59.2 cm³/mol. The van der Waals surface area contributed by atoms with Crippen molar-refractivity contribution in [2.45, 2.75) is 44.6 Å². The number of ether oxygens (including phenoxy) is 1. The Hall–Kier alpha value is -0.810. The van der Waals surface area contributed by atoms with Gasteiger partial charge in [-0.2, -0.15) is 5.26 Å². The van der Waals surface area contributed by atoms with Crippen LogP contribution in [0.15, 0.2) is 12.2 Å². The van der Waals surface area contributed by atoms with Crippen LogP contribution in [-0.4, -0.2) is 12.7 Å². The topological polar surface area (TPSA) is 33.0 Å². The lowest BCUT2D eigenvalue weighted by atomic mass is 9.86. The van der Waals surface area contributed by atoms with E-state index in [9.17, 15) is 0 Å². The van der Waals surface area contributed by atoms with Crippen molar-refractivity contribution in [2.24, 2.45) is 11.8 Å². The maximum Gasteiger partial charge on any atom is 0.0622 e. The molecule has 0 spiro atoms. The Kier molecular flexibility index (Phi) is 3.80. The first kappa shape index (κ1) is 10.7. The van der Waals surface area contributed by atoms with Crippen molar-refractivity contribution < 1.29 is 4.74 Å². The Morgan fingerprint density at radius 2 is 1.87 bits per heavy atom. The molecule has 2 nitrogen and oxygen atoms in total. The first-order chi connectivity index (χ1) is 7.40. The molecule has 0 unspecified atom stereocenters. The quantitative estimate of drug-likeness (QED) is 0.522. The van der Waals surface area contributed by atoms with Crippen LogP contribution >= 0.6 is 0 Å². The van der Waals surface area contributed by atoms with E-state index in [2.05, 4.69) is 18.2 Å². The number of fused-ring (bicyclic) bond motifs is 1. The number of rotatable bonds is 4. The lowest BCUT2D eigenvalue weighted by molar-refractivity contribution is 0.0532. The number of allylic oxidation sites excluding steroid dienone is 2. The minimum atomic E-state index is 0.471. The van der Waals surface area contributed by atoms with Gasteiger partial charge >= 0.3 is 0 Å². The number of nitriles is 1.